The van der Waals surface area contributed by atoms with Gasteiger partial charge in [0, 0.05) is 18.5 Å². The molecule has 0 aliphatic rings. The first kappa shape index (κ1) is 31.7. The Morgan fingerprint density at radius 3 is 2.05 bits per heavy atom. The standard InChI is InChI=1S/C29H34N6O6S/c1-29(2,3)41-24(37)14-21(25(38)30-15-19-10-6-4-7-11-19)33-23(36)17-31-26(39)22-18-42-28(34-22)35-27(40)32-16-20-12-8-5-9-13-20/h4-13,18,21H,14-17H2,1-3H3,(H,30,38)(H,31,39)(H,33,36)(H2,32,34,35,40)/t21-/m0/s1. The number of carbonyl (C=O) groups excluding carboxylic acids is 5. The van der Waals surface area contributed by atoms with Crippen molar-refractivity contribution in [3.63, 3.8) is 0 Å². The number of amides is 5. The highest BCUT2D eigenvalue weighted by Crippen LogP contribution is 2.15. The molecule has 0 saturated heterocycles. The Hall–Kier alpha value is -4.78. The zero-order valence-electron chi connectivity index (χ0n) is 23.6. The minimum Gasteiger partial charge on any atom is -0.460 e. The minimum absolute atomic E-state index is 0.00271. The third kappa shape index (κ3) is 11.4. The molecule has 0 saturated carbocycles. The van der Waals surface area contributed by atoms with Crippen LogP contribution < -0.4 is 26.6 Å². The summed E-state index contributed by atoms with van der Waals surface area (Å²) in [5, 5.41) is 14.5. The SMILES string of the molecule is CC(C)(C)OC(=O)C[C@H](NC(=O)CNC(=O)c1csc(NC(=O)NCc2ccccc2)n1)C(=O)NCc1ccccc1. The summed E-state index contributed by atoms with van der Waals surface area (Å²) in [4.78, 5) is 66.7. The monoisotopic (exact) mass is 594 g/mol. The topological polar surface area (TPSA) is 168 Å². The van der Waals surface area contributed by atoms with E-state index < -0.39 is 54.3 Å². The van der Waals surface area contributed by atoms with E-state index in [2.05, 4.69) is 31.6 Å². The fourth-order valence-electron chi connectivity index (χ4n) is 3.52. The molecule has 222 valence electrons. The Bertz CT molecular complexity index is 1370. The summed E-state index contributed by atoms with van der Waals surface area (Å²) in [5.41, 5.74) is 0.986. The summed E-state index contributed by atoms with van der Waals surface area (Å²) < 4.78 is 5.30. The smallest absolute Gasteiger partial charge is 0.321 e. The van der Waals surface area contributed by atoms with Crippen LogP contribution in [0.25, 0.3) is 0 Å². The Labute approximate surface area is 247 Å². The van der Waals surface area contributed by atoms with E-state index in [-0.39, 0.29) is 17.4 Å². The van der Waals surface area contributed by atoms with Crippen LogP contribution in [0, 0.1) is 0 Å². The molecule has 0 bridgehead atoms. The van der Waals surface area contributed by atoms with Crippen molar-refractivity contribution in [1.29, 1.82) is 0 Å². The van der Waals surface area contributed by atoms with Crippen molar-refractivity contribution in [2.45, 2.75) is 51.9 Å². The van der Waals surface area contributed by atoms with Crippen LogP contribution in [-0.4, -0.2) is 52.9 Å². The highest BCUT2D eigenvalue weighted by molar-refractivity contribution is 7.14. The van der Waals surface area contributed by atoms with Gasteiger partial charge in [-0.15, -0.1) is 11.3 Å². The fraction of sp³-hybridized carbons (Fsp3) is 0.310. The number of benzene rings is 2. The van der Waals surface area contributed by atoms with E-state index in [0.717, 1.165) is 22.5 Å². The average Bonchev–Trinajstić information content (AvgIpc) is 3.41. The number of urea groups is 1. The predicted molar refractivity (Wildman–Crippen MR) is 157 cm³/mol. The van der Waals surface area contributed by atoms with E-state index in [1.807, 2.05) is 60.7 Å². The van der Waals surface area contributed by atoms with Crippen molar-refractivity contribution in [3.05, 3.63) is 82.9 Å². The second kappa shape index (κ2) is 15.3. The Balaban J connectivity index is 1.50. The van der Waals surface area contributed by atoms with Crippen molar-refractivity contribution in [3.8, 4) is 0 Å². The van der Waals surface area contributed by atoms with Crippen LogP contribution in [-0.2, 0) is 32.2 Å². The highest BCUT2D eigenvalue weighted by atomic mass is 32.1. The number of anilines is 1. The first-order valence-corrected chi connectivity index (χ1v) is 14.0. The number of aromatic nitrogens is 1. The van der Waals surface area contributed by atoms with Crippen LogP contribution >= 0.6 is 11.3 Å². The van der Waals surface area contributed by atoms with Gasteiger partial charge >= 0.3 is 12.0 Å². The first-order valence-electron chi connectivity index (χ1n) is 13.1. The molecule has 3 aromatic rings. The van der Waals surface area contributed by atoms with Crippen LogP contribution in [0.2, 0.25) is 0 Å². The molecule has 0 spiro atoms. The number of nitrogens with one attached hydrogen (secondary N) is 5. The second-order valence-electron chi connectivity index (χ2n) is 10.1. The first-order chi connectivity index (χ1) is 20.0. The maximum Gasteiger partial charge on any atom is 0.321 e. The molecule has 1 atom stereocenters. The van der Waals surface area contributed by atoms with E-state index in [0.29, 0.717) is 6.54 Å². The molecule has 0 fully saturated rings. The number of rotatable bonds is 12. The van der Waals surface area contributed by atoms with Gasteiger partial charge in [-0.3, -0.25) is 24.5 Å². The Morgan fingerprint density at radius 2 is 1.45 bits per heavy atom. The summed E-state index contributed by atoms with van der Waals surface area (Å²) in [6, 6.07) is 16.8. The molecule has 1 heterocycles. The number of hydrogen-bond acceptors (Lipinski definition) is 8. The summed E-state index contributed by atoms with van der Waals surface area (Å²) in [7, 11) is 0. The number of thiazole rings is 1. The fourth-order valence-corrected chi connectivity index (χ4v) is 4.20. The Kier molecular flexibility index (Phi) is 11.6. The van der Waals surface area contributed by atoms with Gasteiger partial charge in [-0.2, -0.15) is 0 Å². The molecular weight excluding hydrogens is 560 g/mol. The number of ether oxygens (including phenoxy) is 1. The lowest BCUT2D eigenvalue weighted by Crippen LogP contribution is -2.50. The van der Waals surface area contributed by atoms with Crippen molar-refractivity contribution in [2.75, 3.05) is 11.9 Å². The van der Waals surface area contributed by atoms with Gasteiger partial charge in [-0.25, -0.2) is 9.78 Å². The van der Waals surface area contributed by atoms with Crippen LogP contribution in [0.5, 0.6) is 0 Å². The maximum absolute atomic E-state index is 12.9. The van der Waals surface area contributed by atoms with E-state index in [1.54, 1.807) is 20.8 Å². The van der Waals surface area contributed by atoms with Gasteiger partial charge in [-0.1, -0.05) is 60.7 Å². The van der Waals surface area contributed by atoms with Gasteiger partial charge in [0.25, 0.3) is 5.91 Å². The molecule has 3 rings (SSSR count). The van der Waals surface area contributed by atoms with Crippen molar-refractivity contribution >= 4 is 46.2 Å². The molecule has 0 radical (unpaired) electrons. The molecule has 42 heavy (non-hydrogen) atoms. The third-order valence-corrected chi connectivity index (χ3v) is 6.17. The van der Waals surface area contributed by atoms with Crippen LogP contribution in [0.4, 0.5) is 9.93 Å². The van der Waals surface area contributed by atoms with Crippen LogP contribution in [0.1, 0.15) is 48.8 Å². The largest absolute Gasteiger partial charge is 0.460 e. The van der Waals surface area contributed by atoms with Gasteiger partial charge in [0.2, 0.25) is 11.8 Å². The van der Waals surface area contributed by atoms with Crippen molar-refractivity contribution in [2.24, 2.45) is 0 Å². The van der Waals surface area contributed by atoms with Crippen LogP contribution in [0.3, 0.4) is 0 Å². The summed E-state index contributed by atoms with van der Waals surface area (Å²) in [5.74, 6) is -2.59. The lowest BCUT2D eigenvalue weighted by molar-refractivity contribution is -0.156. The zero-order chi connectivity index (χ0) is 30.5. The lowest BCUT2D eigenvalue weighted by Gasteiger charge is -2.22. The van der Waals surface area contributed by atoms with Gasteiger partial charge in [0.1, 0.15) is 17.3 Å². The summed E-state index contributed by atoms with van der Waals surface area (Å²) >= 11 is 1.04. The normalized spacial score (nSPS) is 11.5. The van der Waals surface area contributed by atoms with Gasteiger partial charge in [-0.05, 0) is 31.9 Å². The molecule has 13 heteroatoms. The molecule has 12 nitrogen and oxygen atoms in total. The molecule has 0 unspecified atom stereocenters. The maximum atomic E-state index is 12.9. The lowest BCUT2D eigenvalue weighted by atomic mass is 10.1. The average molecular weight is 595 g/mol. The molecule has 0 aliphatic carbocycles. The number of hydrogen-bond donors (Lipinski definition) is 5. The molecule has 1 aromatic heterocycles. The number of carbonyl (C=O) groups is 5. The molecule has 5 N–H and O–H groups in total. The van der Waals surface area contributed by atoms with E-state index in [4.69, 9.17) is 4.74 Å². The Morgan fingerprint density at radius 1 is 0.857 bits per heavy atom. The number of nitrogens with zero attached hydrogens (tertiary/aromatic N) is 1. The minimum atomic E-state index is -1.22. The predicted octanol–water partition coefficient (Wildman–Crippen LogP) is 2.73. The van der Waals surface area contributed by atoms with Crippen molar-refractivity contribution in [1.82, 2.24) is 26.3 Å². The molecule has 5 amide bonds. The van der Waals surface area contributed by atoms with E-state index in [1.165, 1.54) is 5.38 Å². The van der Waals surface area contributed by atoms with Gasteiger partial charge in [0.05, 0.1) is 13.0 Å². The third-order valence-electron chi connectivity index (χ3n) is 5.41. The highest BCUT2D eigenvalue weighted by Gasteiger charge is 2.27. The number of esters is 1. The van der Waals surface area contributed by atoms with Crippen LogP contribution in [0.15, 0.2) is 66.0 Å². The summed E-state index contributed by atoms with van der Waals surface area (Å²) in [6.07, 6.45) is -0.398. The van der Waals surface area contributed by atoms with Crippen molar-refractivity contribution < 1.29 is 28.7 Å². The molecule has 0 aliphatic heterocycles. The van der Waals surface area contributed by atoms with E-state index >= 15 is 0 Å². The molecule has 2 aromatic carbocycles. The van der Waals surface area contributed by atoms with Gasteiger partial charge in [0.15, 0.2) is 5.13 Å². The quantitative estimate of drug-likeness (QED) is 0.201. The second-order valence-corrected chi connectivity index (χ2v) is 11.0. The summed E-state index contributed by atoms with van der Waals surface area (Å²) in [6.45, 7) is 5.12. The van der Waals surface area contributed by atoms with E-state index in [9.17, 15) is 24.0 Å². The van der Waals surface area contributed by atoms with Gasteiger partial charge < -0.3 is 26.0 Å². The molecular formula is C29H34N6O6S. The zero-order valence-corrected chi connectivity index (χ0v) is 24.4.